The summed E-state index contributed by atoms with van der Waals surface area (Å²) in [5.74, 6) is -1.29. The summed E-state index contributed by atoms with van der Waals surface area (Å²) in [6.45, 7) is 4.38. The van der Waals surface area contributed by atoms with Crippen molar-refractivity contribution in [3.05, 3.63) is 45.9 Å². The van der Waals surface area contributed by atoms with E-state index in [1.807, 2.05) is 13.8 Å². The molecule has 0 spiro atoms. The standard InChI is InChI=1S/C23H26F3N3O4S/c1-14(2)7-10-27-18(30)13-29-21(32)19(34-22(29)33)15-8-11-28(12-9-15)20(31)16-5-3-4-6-17(16)23(24,25)26/h3-6,14H,7-13H2,1-2H3,(H,27,30). The highest BCUT2D eigenvalue weighted by Crippen LogP contribution is 2.37. The SMILES string of the molecule is CC(C)CCNC(=O)CN1C(=O)SC(=C2CCN(C(=O)c3ccccc3C(F)(F)F)CC2)C1=O. The molecular formula is C23H26F3N3O4S. The van der Waals surface area contributed by atoms with Gasteiger partial charge in [0.1, 0.15) is 6.54 Å². The zero-order valence-electron chi connectivity index (χ0n) is 18.9. The lowest BCUT2D eigenvalue weighted by molar-refractivity contribution is -0.138. The molecule has 0 radical (unpaired) electrons. The predicted octanol–water partition coefficient (Wildman–Crippen LogP) is 4.05. The van der Waals surface area contributed by atoms with Crippen molar-refractivity contribution in [2.24, 2.45) is 5.92 Å². The van der Waals surface area contributed by atoms with Gasteiger partial charge in [0.15, 0.2) is 0 Å². The number of nitrogens with one attached hydrogen (secondary N) is 1. The quantitative estimate of drug-likeness (QED) is 0.600. The Kier molecular flexibility index (Phi) is 8.06. The fourth-order valence-corrected chi connectivity index (χ4v) is 4.72. The summed E-state index contributed by atoms with van der Waals surface area (Å²) >= 11 is 0.756. The highest BCUT2D eigenvalue weighted by atomic mass is 32.2. The van der Waals surface area contributed by atoms with Gasteiger partial charge < -0.3 is 10.2 Å². The van der Waals surface area contributed by atoms with Gasteiger partial charge in [0, 0.05) is 19.6 Å². The number of amides is 4. The molecular weight excluding hydrogens is 471 g/mol. The molecule has 2 saturated heterocycles. The summed E-state index contributed by atoms with van der Waals surface area (Å²) in [6.07, 6.45) is -3.35. The van der Waals surface area contributed by atoms with Crippen LogP contribution in [0.5, 0.6) is 0 Å². The van der Waals surface area contributed by atoms with E-state index >= 15 is 0 Å². The lowest BCUT2D eigenvalue weighted by Gasteiger charge is -2.29. The highest BCUT2D eigenvalue weighted by molar-refractivity contribution is 8.18. The topological polar surface area (TPSA) is 86.8 Å². The van der Waals surface area contributed by atoms with Crippen molar-refractivity contribution in [2.75, 3.05) is 26.2 Å². The van der Waals surface area contributed by atoms with Crippen molar-refractivity contribution in [1.29, 1.82) is 0 Å². The number of carbonyl (C=O) groups is 4. The number of likely N-dealkylation sites (tertiary alicyclic amines) is 1. The van der Waals surface area contributed by atoms with Crippen LogP contribution in [-0.2, 0) is 15.8 Å². The smallest absolute Gasteiger partial charge is 0.355 e. The van der Waals surface area contributed by atoms with Gasteiger partial charge in [-0.1, -0.05) is 26.0 Å². The Morgan fingerprint density at radius 2 is 1.76 bits per heavy atom. The first-order chi connectivity index (χ1) is 16.0. The molecule has 11 heteroatoms. The minimum Gasteiger partial charge on any atom is -0.355 e. The van der Waals surface area contributed by atoms with Gasteiger partial charge in [-0.2, -0.15) is 13.2 Å². The molecule has 1 N–H and O–H groups in total. The number of alkyl halides is 3. The maximum atomic E-state index is 13.3. The number of rotatable bonds is 6. The van der Waals surface area contributed by atoms with Crippen LogP contribution in [0.3, 0.4) is 0 Å². The molecule has 2 aliphatic heterocycles. The molecule has 0 aromatic heterocycles. The molecule has 4 amide bonds. The van der Waals surface area contributed by atoms with E-state index in [0.717, 1.165) is 35.2 Å². The van der Waals surface area contributed by atoms with Crippen molar-refractivity contribution in [3.63, 3.8) is 0 Å². The number of halogens is 3. The van der Waals surface area contributed by atoms with Crippen molar-refractivity contribution in [2.45, 2.75) is 39.3 Å². The summed E-state index contributed by atoms with van der Waals surface area (Å²) in [4.78, 5) is 52.4. The zero-order valence-corrected chi connectivity index (χ0v) is 19.7. The highest BCUT2D eigenvalue weighted by Gasteiger charge is 2.40. The summed E-state index contributed by atoms with van der Waals surface area (Å²) in [5, 5.41) is 2.15. The van der Waals surface area contributed by atoms with Gasteiger partial charge in [-0.25, -0.2) is 0 Å². The van der Waals surface area contributed by atoms with E-state index in [1.54, 1.807) is 0 Å². The Hall–Kier alpha value is -2.82. The molecule has 0 bridgehead atoms. The molecule has 184 valence electrons. The zero-order chi connectivity index (χ0) is 25.0. The summed E-state index contributed by atoms with van der Waals surface area (Å²) in [6, 6.07) is 4.64. The lowest BCUT2D eigenvalue weighted by Crippen LogP contribution is -2.40. The van der Waals surface area contributed by atoms with Crippen molar-refractivity contribution in [1.82, 2.24) is 15.1 Å². The number of thioether (sulfide) groups is 1. The second-order valence-corrected chi connectivity index (χ2v) is 9.52. The second kappa shape index (κ2) is 10.6. The maximum absolute atomic E-state index is 13.3. The van der Waals surface area contributed by atoms with Gasteiger partial charge in [0.25, 0.3) is 17.1 Å². The predicted molar refractivity (Wildman–Crippen MR) is 121 cm³/mol. The fraction of sp³-hybridized carbons (Fsp3) is 0.478. The largest absolute Gasteiger partial charge is 0.417 e. The summed E-state index contributed by atoms with van der Waals surface area (Å²) < 4.78 is 39.8. The molecule has 7 nitrogen and oxygen atoms in total. The third kappa shape index (κ3) is 5.99. The average molecular weight is 498 g/mol. The van der Waals surface area contributed by atoms with E-state index in [9.17, 15) is 32.3 Å². The first kappa shape index (κ1) is 25.8. The Bertz CT molecular complexity index is 1010. The average Bonchev–Trinajstić information content (AvgIpc) is 3.06. The first-order valence-corrected chi connectivity index (χ1v) is 11.8. The van der Waals surface area contributed by atoms with Gasteiger partial charge in [-0.05, 0) is 54.6 Å². The summed E-state index contributed by atoms with van der Waals surface area (Å²) in [7, 11) is 0. The van der Waals surface area contributed by atoms with Crippen LogP contribution < -0.4 is 5.32 Å². The van der Waals surface area contributed by atoms with E-state index < -0.39 is 40.3 Å². The minimum absolute atomic E-state index is 0.127. The maximum Gasteiger partial charge on any atom is 0.417 e. The van der Waals surface area contributed by atoms with E-state index in [4.69, 9.17) is 0 Å². The number of hydrogen-bond donors (Lipinski definition) is 1. The van der Waals surface area contributed by atoms with E-state index in [0.29, 0.717) is 18.0 Å². The lowest BCUT2D eigenvalue weighted by atomic mass is 10.0. The number of imide groups is 1. The first-order valence-electron chi connectivity index (χ1n) is 11.0. The Morgan fingerprint density at radius 1 is 1.12 bits per heavy atom. The Morgan fingerprint density at radius 3 is 2.38 bits per heavy atom. The van der Waals surface area contributed by atoms with E-state index in [2.05, 4.69) is 5.32 Å². The number of benzene rings is 1. The minimum atomic E-state index is -4.65. The third-order valence-electron chi connectivity index (χ3n) is 5.63. The van der Waals surface area contributed by atoms with Gasteiger partial charge >= 0.3 is 6.18 Å². The number of hydrogen-bond acceptors (Lipinski definition) is 5. The van der Waals surface area contributed by atoms with Gasteiger partial charge in [-0.3, -0.25) is 24.1 Å². The molecule has 0 unspecified atom stereocenters. The molecule has 0 aliphatic carbocycles. The van der Waals surface area contributed by atoms with Crippen molar-refractivity contribution in [3.8, 4) is 0 Å². The Labute approximate surface area is 199 Å². The van der Waals surface area contributed by atoms with Crippen LogP contribution in [0.1, 0.15) is 49.0 Å². The monoisotopic (exact) mass is 497 g/mol. The van der Waals surface area contributed by atoms with Crippen LogP contribution in [0.2, 0.25) is 0 Å². The van der Waals surface area contributed by atoms with Gasteiger partial charge in [0.2, 0.25) is 5.91 Å². The molecule has 34 heavy (non-hydrogen) atoms. The number of piperidine rings is 1. The van der Waals surface area contributed by atoms with Gasteiger partial charge in [0.05, 0.1) is 16.0 Å². The summed E-state index contributed by atoms with van der Waals surface area (Å²) in [5.41, 5.74) is -0.736. The second-order valence-electron chi connectivity index (χ2n) is 8.56. The number of nitrogens with zero attached hydrogens (tertiary/aromatic N) is 2. The molecule has 1 aromatic carbocycles. The molecule has 0 saturated carbocycles. The van der Waals surface area contributed by atoms with E-state index in [-0.39, 0.29) is 37.4 Å². The van der Waals surface area contributed by atoms with Crippen LogP contribution in [-0.4, -0.2) is 58.9 Å². The van der Waals surface area contributed by atoms with Crippen LogP contribution in [0.4, 0.5) is 18.0 Å². The molecule has 1 aromatic rings. The molecule has 3 rings (SSSR count). The van der Waals surface area contributed by atoms with Gasteiger partial charge in [-0.15, -0.1) is 0 Å². The number of carbonyl (C=O) groups excluding carboxylic acids is 4. The Balaban J connectivity index is 1.63. The molecule has 0 atom stereocenters. The van der Waals surface area contributed by atoms with Crippen molar-refractivity contribution < 1.29 is 32.3 Å². The fourth-order valence-electron chi connectivity index (χ4n) is 3.75. The van der Waals surface area contributed by atoms with Crippen LogP contribution in [0, 0.1) is 5.92 Å². The normalized spacial score (nSPS) is 17.1. The molecule has 2 aliphatic rings. The van der Waals surface area contributed by atoms with Crippen LogP contribution >= 0.6 is 11.8 Å². The van der Waals surface area contributed by atoms with Crippen molar-refractivity contribution >= 4 is 34.7 Å². The molecule has 2 fully saturated rings. The molecule has 2 heterocycles. The van der Waals surface area contributed by atoms with Crippen LogP contribution in [0.25, 0.3) is 0 Å². The van der Waals surface area contributed by atoms with E-state index in [1.165, 1.54) is 17.0 Å². The van der Waals surface area contributed by atoms with Crippen LogP contribution in [0.15, 0.2) is 34.7 Å². The third-order valence-corrected chi connectivity index (χ3v) is 6.70.